The van der Waals surface area contributed by atoms with Crippen molar-refractivity contribution in [3.63, 3.8) is 0 Å². The first-order valence-electron chi connectivity index (χ1n) is 10.1. The number of nitrogens with one attached hydrogen (secondary N) is 2. The highest BCUT2D eigenvalue weighted by Gasteiger charge is 2.20. The van der Waals surface area contributed by atoms with Crippen molar-refractivity contribution in [3.05, 3.63) is 65.2 Å². The molecule has 2 aromatic carbocycles. The largest absolute Gasteiger partial charge is 0.392 e. The molecular formula is C23H26N4O3. The summed E-state index contributed by atoms with van der Waals surface area (Å²) in [5, 5.41) is 16.3. The number of rotatable bonds is 10. The number of para-hydroxylation sites is 1. The molecule has 2 aromatic rings. The van der Waals surface area contributed by atoms with Crippen LogP contribution >= 0.6 is 0 Å². The van der Waals surface area contributed by atoms with E-state index in [1.54, 1.807) is 30.3 Å². The van der Waals surface area contributed by atoms with Crippen molar-refractivity contribution < 1.29 is 14.5 Å². The van der Waals surface area contributed by atoms with Crippen molar-refractivity contribution in [3.8, 4) is 6.07 Å². The van der Waals surface area contributed by atoms with Gasteiger partial charge in [-0.05, 0) is 36.2 Å². The van der Waals surface area contributed by atoms with E-state index in [2.05, 4.69) is 28.9 Å². The Labute approximate surface area is 176 Å². The Morgan fingerprint density at radius 2 is 2.07 bits per heavy atom. The topological polar surface area (TPSA) is 95.7 Å². The van der Waals surface area contributed by atoms with Crippen LogP contribution in [0.2, 0.25) is 0 Å². The molecule has 156 valence electrons. The minimum absolute atomic E-state index is 0.0933. The molecule has 30 heavy (non-hydrogen) atoms. The molecule has 0 saturated heterocycles. The quantitative estimate of drug-likeness (QED) is 0.578. The van der Waals surface area contributed by atoms with Gasteiger partial charge in [0.2, 0.25) is 0 Å². The monoisotopic (exact) mass is 406 g/mol. The van der Waals surface area contributed by atoms with Gasteiger partial charge in [0.15, 0.2) is 0 Å². The maximum atomic E-state index is 12.5. The van der Waals surface area contributed by atoms with Gasteiger partial charge in [-0.2, -0.15) is 5.26 Å². The van der Waals surface area contributed by atoms with Crippen LogP contribution in [-0.2, 0) is 16.3 Å². The van der Waals surface area contributed by atoms with E-state index in [0.717, 1.165) is 42.6 Å². The Morgan fingerprint density at radius 3 is 2.83 bits per heavy atom. The first-order valence-corrected chi connectivity index (χ1v) is 10.1. The maximum absolute atomic E-state index is 12.5. The molecule has 1 heterocycles. The summed E-state index contributed by atoms with van der Waals surface area (Å²) in [6.45, 7) is 3.02. The van der Waals surface area contributed by atoms with Gasteiger partial charge in [-0.25, -0.2) is 5.48 Å². The van der Waals surface area contributed by atoms with Crippen molar-refractivity contribution in [2.75, 3.05) is 11.9 Å². The standard InChI is InChI=1S/C23H26N4O3/c1-2-5-19-14-20(30-26-19)12-13-25-22-7-4-3-6-21(22)23(28)27-29-16-18-10-8-17(15-24)9-11-18/h3-4,6-11,20,25H,2,5,12-14,16H2,1H3,(H,27,28). The molecule has 1 unspecified atom stereocenters. The molecule has 1 amide bonds. The van der Waals surface area contributed by atoms with Gasteiger partial charge < -0.3 is 10.2 Å². The summed E-state index contributed by atoms with van der Waals surface area (Å²) in [7, 11) is 0. The molecule has 0 radical (unpaired) electrons. The summed E-state index contributed by atoms with van der Waals surface area (Å²) in [4.78, 5) is 23.3. The summed E-state index contributed by atoms with van der Waals surface area (Å²) < 4.78 is 0. The summed E-state index contributed by atoms with van der Waals surface area (Å²) in [5.74, 6) is -0.322. The summed E-state index contributed by atoms with van der Waals surface area (Å²) in [5.41, 5.74) is 6.30. The Hall–Kier alpha value is -3.37. The number of hydrogen-bond acceptors (Lipinski definition) is 6. The molecular weight excluding hydrogens is 380 g/mol. The molecule has 1 atom stereocenters. The van der Waals surface area contributed by atoms with E-state index in [9.17, 15) is 4.79 Å². The van der Waals surface area contributed by atoms with Gasteiger partial charge in [-0.1, -0.05) is 42.8 Å². The molecule has 0 aliphatic carbocycles. The lowest BCUT2D eigenvalue weighted by Crippen LogP contribution is -2.25. The predicted octanol–water partition coefficient (Wildman–Crippen LogP) is 4.17. The maximum Gasteiger partial charge on any atom is 0.276 e. The normalized spacial score (nSPS) is 15.1. The van der Waals surface area contributed by atoms with Crippen LogP contribution in [0.1, 0.15) is 54.1 Å². The Morgan fingerprint density at radius 1 is 1.27 bits per heavy atom. The lowest BCUT2D eigenvalue weighted by molar-refractivity contribution is 0.0234. The number of carbonyl (C=O) groups excluding carboxylic acids is 1. The number of nitriles is 1. The third-order valence-corrected chi connectivity index (χ3v) is 4.77. The van der Waals surface area contributed by atoms with Crippen molar-refractivity contribution in [2.24, 2.45) is 5.16 Å². The van der Waals surface area contributed by atoms with Gasteiger partial charge in [0.1, 0.15) is 6.10 Å². The highest BCUT2D eigenvalue weighted by atomic mass is 16.7. The lowest BCUT2D eigenvalue weighted by Gasteiger charge is -2.14. The third-order valence-electron chi connectivity index (χ3n) is 4.77. The fourth-order valence-electron chi connectivity index (χ4n) is 3.20. The number of amides is 1. The van der Waals surface area contributed by atoms with E-state index in [1.165, 1.54) is 0 Å². The van der Waals surface area contributed by atoms with E-state index in [0.29, 0.717) is 17.7 Å². The van der Waals surface area contributed by atoms with Gasteiger partial charge in [0.05, 0.1) is 29.5 Å². The Kier molecular flexibility index (Phi) is 7.81. The van der Waals surface area contributed by atoms with E-state index in [-0.39, 0.29) is 18.6 Å². The van der Waals surface area contributed by atoms with E-state index in [1.807, 2.05) is 18.2 Å². The van der Waals surface area contributed by atoms with Crippen molar-refractivity contribution >= 4 is 17.3 Å². The molecule has 7 nitrogen and oxygen atoms in total. The Balaban J connectivity index is 1.45. The summed E-state index contributed by atoms with van der Waals surface area (Å²) >= 11 is 0. The highest BCUT2D eigenvalue weighted by Crippen LogP contribution is 2.19. The van der Waals surface area contributed by atoms with Gasteiger partial charge in [-0.15, -0.1) is 0 Å². The average Bonchev–Trinajstić information content (AvgIpc) is 3.22. The molecule has 2 N–H and O–H groups in total. The Bertz CT molecular complexity index is 919. The van der Waals surface area contributed by atoms with Crippen LogP contribution in [0.25, 0.3) is 0 Å². The zero-order valence-electron chi connectivity index (χ0n) is 17.1. The number of nitrogens with zero attached hydrogens (tertiary/aromatic N) is 2. The first-order chi connectivity index (χ1) is 14.7. The fraction of sp³-hybridized carbons (Fsp3) is 0.348. The molecule has 0 spiro atoms. The van der Waals surface area contributed by atoms with Crippen LogP contribution < -0.4 is 10.8 Å². The van der Waals surface area contributed by atoms with Gasteiger partial charge >= 0.3 is 0 Å². The predicted molar refractivity (Wildman–Crippen MR) is 115 cm³/mol. The van der Waals surface area contributed by atoms with E-state index >= 15 is 0 Å². The molecule has 0 fully saturated rings. The molecule has 0 bridgehead atoms. The van der Waals surface area contributed by atoms with Crippen LogP contribution in [-0.4, -0.2) is 24.3 Å². The van der Waals surface area contributed by atoms with Crippen molar-refractivity contribution in [1.29, 1.82) is 5.26 Å². The second kappa shape index (κ2) is 11.0. The van der Waals surface area contributed by atoms with Crippen LogP contribution in [0.15, 0.2) is 53.7 Å². The van der Waals surface area contributed by atoms with Gasteiger partial charge in [0, 0.05) is 25.1 Å². The SMILES string of the molecule is CCCC1=NOC(CCNc2ccccc2C(=O)NOCc2ccc(C#N)cc2)C1. The minimum Gasteiger partial charge on any atom is -0.392 e. The molecule has 0 saturated carbocycles. The van der Waals surface area contributed by atoms with Crippen LogP contribution in [0.5, 0.6) is 0 Å². The zero-order chi connectivity index (χ0) is 21.2. The zero-order valence-corrected chi connectivity index (χ0v) is 17.1. The van der Waals surface area contributed by atoms with Crippen LogP contribution in [0.4, 0.5) is 5.69 Å². The van der Waals surface area contributed by atoms with Gasteiger partial charge in [-0.3, -0.25) is 9.63 Å². The molecule has 7 heteroatoms. The van der Waals surface area contributed by atoms with Crippen molar-refractivity contribution in [1.82, 2.24) is 5.48 Å². The van der Waals surface area contributed by atoms with Crippen LogP contribution in [0, 0.1) is 11.3 Å². The second-order valence-corrected chi connectivity index (χ2v) is 7.13. The highest BCUT2D eigenvalue weighted by molar-refractivity contribution is 5.99. The minimum atomic E-state index is -0.322. The average molecular weight is 406 g/mol. The van der Waals surface area contributed by atoms with Gasteiger partial charge in [0.25, 0.3) is 5.91 Å². The summed E-state index contributed by atoms with van der Waals surface area (Å²) in [6, 6.07) is 16.4. The van der Waals surface area contributed by atoms with E-state index < -0.39 is 0 Å². The third kappa shape index (κ3) is 6.06. The number of benzene rings is 2. The van der Waals surface area contributed by atoms with E-state index in [4.69, 9.17) is 14.9 Å². The van der Waals surface area contributed by atoms with Crippen LogP contribution in [0.3, 0.4) is 0 Å². The molecule has 0 aromatic heterocycles. The second-order valence-electron chi connectivity index (χ2n) is 7.13. The fourth-order valence-corrected chi connectivity index (χ4v) is 3.20. The van der Waals surface area contributed by atoms with Crippen molar-refractivity contribution in [2.45, 2.75) is 45.3 Å². The molecule has 1 aliphatic rings. The molecule has 1 aliphatic heterocycles. The molecule has 3 rings (SSSR count). The number of carbonyl (C=O) groups is 1. The number of anilines is 1. The summed E-state index contributed by atoms with van der Waals surface area (Å²) in [6.07, 6.45) is 3.83. The smallest absolute Gasteiger partial charge is 0.276 e. The number of oxime groups is 1. The number of hydrogen-bond donors (Lipinski definition) is 2. The lowest BCUT2D eigenvalue weighted by atomic mass is 10.1. The first kappa shape index (κ1) is 21.3. The number of hydroxylamine groups is 1.